The highest BCUT2D eigenvalue weighted by Crippen LogP contribution is 2.29. The van der Waals surface area contributed by atoms with E-state index in [1.165, 1.54) is 0 Å². The predicted octanol–water partition coefficient (Wildman–Crippen LogP) is 3.70. The monoisotopic (exact) mass is 240 g/mol. The van der Waals surface area contributed by atoms with Crippen LogP contribution >= 0.6 is 0 Å². The summed E-state index contributed by atoms with van der Waals surface area (Å²) in [6.45, 7) is 0. The van der Waals surface area contributed by atoms with E-state index in [2.05, 4.69) is 0 Å². The zero-order valence-corrected chi connectivity index (χ0v) is 9.76. The third-order valence-electron chi connectivity index (χ3n) is 2.97. The summed E-state index contributed by atoms with van der Waals surface area (Å²) in [5.41, 5.74) is 1.59. The molecule has 1 aliphatic carbocycles. The van der Waals surface area contributed by atoms with Crippen molar-refractivity contribution in [1.82, 2.24) is 0 Å². The van der Waals surface area contributed by atoms with Crippen molar-refractivity contribution >= 4 is 17.9 Å². The van der Waals surface area contributed by atoms with Gasteiger partial charge in [0.25, 0.3) is 0 Å². The number of carbonyl (C=O) groups excluding carboxylic acids is 1. The molecular weight excluding hydrogens is 228 g/mol. The zero-order chi connectivity index (χ0) is 12.4. The summed E-state index contributed by atoms with van der Waals surface area (Å²) in [5.74, 6) is 1.53. The Morgan fingerprint density at radius 1 is 0.889 bits per heavy atom. The Morgan fingerprint density at radius 3 is 1.78 bits per heavy atom. The van der Waals surface area contributed by atoms with Crippen molar-refractivity contribution in [3.63, 3.8) is 0 Å². The van der Waals surface area contributed by atoms with E-state index in [4.69, 9.17) is 8.83 Å². The van der Waals surface area contributed by atoms with Crippen LogP contribution in [0.1, 0.15) is 24.4 Å². The summed E-state index contributed by atoms with van der Waals surface area (Å²) in [6.07, 6.45) is 8.34. The van der Waals surface area contributed by atoms with Gasteiger partial charge in [0.1, 0.15) is 11.5 Å². The fourth-order valence-electron chi connectivity index (χ4n) is 2.07. The van der Waals surface area contributed by atoms with Crippen LogP contribution in [0.5, 0.6) is 0 Å². The SMILES string of the molecule is O=C1/C(=C/c2ccco2)CC/C1=C\c1ccco1. The first-order chi connectivity index (χ1) is 8.83. The molecule has 0 atom stereocenters. The van der Waals surface area contributed by atoms with E-state index in [0.717, 1.165) is 35.5 Å². The van der Waals surface area contributed by atoms with E-state index in [1.54, 1.807) is 12.5 Å². The van der Waals surface area contributed by atoms with Crippen LogP contribution in [-0.4, -0.2) is 5.78 Å². The molecule has 0 bridgehead atoms. The maximum Gasteiger partial charge on any atom is 0.185 e. The van der Waals surface area contributed by atoms with Crippen molar-refractivity contribution in [2.75, 3.05) is 0 Å². The molecule has 3 heteroatoms. The number of rotatable bonds is 2. The molecule has 1 saturated carbocycles. The summed E-state index contributed by atoms with van der Waals surface area (Å²) in [4.78, 5) is 12.1. The van der Waals surface area contributed by atoms with E-state index < -0.39 is 0 Å². The lowest BCUT2D eigenvalue weighted by atomic mass is 10.1. The molecule has 0 radical (unpaired) electrons. The first kappa shape index (κ1) is 10.8. The molecule has 90 valence electrons. The Bertz CT molecular complexity index is 544. The summed E-state index contributed by atoms with van der Waals surface area (Å²) in [6, 6.07) is 7.31. The van der Waals surface area contributed by atoms with Gasteiger partial charge >= 0.3 is 0 Å². The van der Waals surface area contributed by atoms with Crippen LogP contribution in [0.15, 0.2) is 56.8 Å². The molecule has 0 unspecified atom stereocenters. The normalized spacial score (nSPS) is 20.1. The molecule has 0 amide bonds. The number of allylic oxidation sites excluding steroid dienone is 2. The van der Waals surface area contributed by atoms with Crippen LogP contribution in [0, 0.1) is 0 Å². The van der Waals surface area contributed by atoms with Crippen LogP contribution in [0.25, 0.3) is 12.2 Å². The molecule has 0 aliphatic heterocycles. The predicted molar refractivity (Wildman–Crippen MR) is 67.6 cm³/mol. The van der Waals surface area contributed by atoms with E-state index in [9.17, 15) is 4.79 Å². The second-order valence-corrected chi connectivity index (χ2v) is 4.20. The smallest absolute Gasteiger partial charge is 0.185 e. The first-order valence-electron chi connectivity index (χ1n) is 5.86. The van der Waals surface area contributed by atoms with Crippen molar-refractivity contribution in [3.8, 4) is 0 Å². The zero-order valence-electron chi connectivity index (χ0n) is 9.76. The lowest BCUT2D eigenvalue weighted by Crippen LogP contribution is -1.94. The summed E-state index contributed by atoms with van der Waals surface area (Å²) >= 11 is 0. The maximum atomic E-state index is 12.1. The Labute approximate surface area is 104 Å². The lowest BCUT2D eigenvalue weighted by Gasteiger charge is -1.93. The fourth-order valence-corrected chi connectivity index (χ4v) is 2.07. The van der Waals surface area contributed by atoms with Gasteiger partial charge in [-0.15, -0.1) is 0 Å². The molecule has 1 aliphatic rings. The van der Waals surface area contributed by atoms with Crippen molar-refractivity contribution in [2.45, 2.75) is 12.8 Å². The van der Waals surface area contributed by atoms with Gasteiger partial charge in [0.2, 0.25) is 0 Å². The largest absolute Gasteiger partial charge is 0.465 e. The van der Waals surface area contributed by atoms with E-state index in [1.807, 2.05) is 36.4 Å². The average molecular weight is 240 g/mol. The number of ketones is 1. The van der Waals surface area contributed by atoms with Gasteiger partial charge < -0.3 is 8.83 Å². The first-order valence-corrected chi connectivity index (χ1v) is 5.86. The molecule has 1 fully saturated rings. The molecule has 3 nitrogen and oxygen atoms in total. The molecule has 2 aromatic heterocycles. The molecule has 0 N–H and O–H groups in total. The van der Waals surface area contributed by atoms with Crippen LogP contribution in [0.4, 0.5) is 0 Å². The number of carbonyl (C=O) groups is 1. The fraction of sp³-hybridized carbons (Fsp3) is 0.133. The van der Waals surface area contributed by atoms with Gasteiger partial charge in [-0.2, -0.15) is 0 Å². The van der Waals surface area contributed by atoms with E-state index in [-0.39, 0.29) is 5.78 Å². The Balaban J connectivity index is 1.85. The second-order valence-electron chi connectivity index (χ2n) is 4.20. The Kier molecular flexibility index (Phi) is 2.73. The second kappa shape index (κ2) is 4.53. The molecule has 3 rings (SSSR count). The highest BCUT2D eigenvalue weighted by atomic mass is 16.3. The van der Waals surface area contributed by atoms with Gasteiger partial charge in [0, 0.05) is 11.1 Å². The van der Waals surface area contributed by atoms with Crippen molar-refractivity contribution < 1.29 is 13.6 Å². The summed E-state index contributed by atoms with van der Waals surface area (Å²) in [7, 11) is 0. The summed E-state index contributed by atoms with van der Waals surface area (Å²) in [5, 5.41) is 0. The van der Waals surface area contributed by atoms with Crippen LogP contribution < -0.4 is 0 Å². The molecule has 0 spiro atoms. The Morgan fingerprint density at radius 2 is 1.39 bits per heavy atom. The topological polar surface area (TPSA) is 43.4 Å². The number of furan rings is 2. The molecule has 2 aromatic rings. The van der Waals surface area contributed by atoms with Crippen LogP contribution in [0.3, 0.4) is 0 Å². The van der Waals surface area contributed by atoms with Gasteiger partial charge in [-0.05, 0) is 49.3 Å². The van der Waals surface area contributed by atoms with Gasteiger partial charge in [-0.25, -0.2) is 0 Å². The minimum Gasteiger partial charge on any atom is -0.465 e. The van der Waals surface area contributed by atoms with Gasteiger partial charge in [0.05, 0.1) is 12.5 Å². The van der Waals surface area contributed by atoms with Crippen LogP contribution in [-0.2, 0) is 4.79 Å². The van der Waals surface area contributed by atoms with Crippen LogP contribution in [0.2, 0.25) is 0 Å². The van der Waals surface area contributed by atoms with Crippen molar-refractivity contribution in [3.05, 3.63) is 59.5 Å². The third-order valence-corrected chi connectivity index (χ3v) is 2.97. The standard InChI is InChI=1S/C15H12O3/c16-15-11(9-13-3-1-7-17-13)5-6-12(15)10-14-4-2-8-18-14/h1-4,7-10H,5-6H2/b11-9+,12-10+. The number of hydrogen-bond donors (Lipinski definition) is 0. The van der Waals surface area contributed by atoms with Gasteiger partial charge in [-0.3, -0.25) is 4.79 Å². The van der Waals surface area contributed by atoms with Gasteiger partial charge in [-0.1, -0.05) is 0 Å². The minimum atomic E-state index is 0.0859. The van der Waals surface area contributed by atoms with Gasteiger partial charge in [0.15, 0.2) is 5.78 Å². The van der Waals surface area contributed by atoms with Crippen molar-refractivity contribution in [1.29, 1.82) is 0 Å². The number of Topliss-reactive ketones (excluding diaryl/α,β-unsaturated/α-hetero) is 1. The molecule has 2 heterocycles. The molecule has 18 heavy (non-hydrogen) atoms. The van der Waals surface area contributed by atoms with E-state index in [0.29, 0.717) is 0 Å². The molecule has 0 saturated heterocycles. The third kappa shape index (κ3) is 2.07. The highest BCUT2D eigenvalue weighted by Gasteiger charge is 2.23. The lowest BCUT2D eigenvalue weighted by molar-refractivity contribution is -0.111. The highest BCUT2D eigenvalue weighted by molar-refractivity contribution is 6.15. The Hall–Kier alpha value is -2.29. The van der Waals surface area contributed by atoms with E-state index >= 15 is 0 Å². The quantitative estimate of drug-likeness (QED) is 0.751. The molecule has 0 aromatic carbocycles. The molecular formula is C15H12O3. The maximum absolute atomic E-state index is 12.1. The minimum absolute atomic E-state index is 0.0859. The number of hydrogen-bond acceptors (Lipinski definition) is 3. The summed E-state index contributed by atoms with van der Waals surface area (Å²) < 4.78 is 10.4. The van der Waals surface area contributed by atoms with Crippen molar-refractivity contribution in [2.24, 2.45) is 0 Å². The average Bonchev–Trinajstić information content (AvgIpc) is 3.08.